The van der Waals surface area contributed by atoms with E-state index in [9.17, 15) is 4.79 Å². The van der Waals surface area contributed by atoms with Crippen LogP contribution in [0.4, 0.5) is 0 Å². The van der Waals surface area contributed by atoms with Gasteiger partial charge in [0.1, 0.15) is 0 Å². The van der Waals surface area contributed by atoms with Crippen LogP contribution in [-0.2, 0) is 6.42 Å². The average Bonchev–Trinajstić information content (AvgIpc) is 2.18. The molecule has 0 unspecified atom stereocenters. The molecule has 1 N–H and O–H groups in total. The molecule has 1 aromatic carbocycles. The van der Waals surface area contributed by atoms with Crippen molar-refractivity contribution in [2.24, 2.45) is 0 Å². The first-order valence-corrected chi connectivity index (χ1v) is 4.91. The number of hydrogen-bond acceptors (Lipinski definition) is 2. The van der Waals surface area contributed by atoms with E-state index in [0.29, 0.717) is 5.56 Å². The first-order chi connectivity index (χ1) is 7.15. The van der Waals surface area contributed by atoms with Crippen LogP contribution in [0.2, 0.25) is 0 Å². The van der Waals surface area contributed by atoms with Crippen LogP contribution in [0.1, 0.15) is 29.8 Å². The molecule has 3 heteroatoms. The van der Waals surface area contributed by atoms with E-state index < -0.39 is 0 Å². The van der Waals surface area contributed by atoms with Gasteiger partial charge < -0.3 is 5.32 Å². The van der Waals surface area contributed by atoms with Gasteiger partial charge in [0.2, 0.25) is 0 Å². The van der Waals surface area contributed by atoms with Crippen molar-refractivity contribution in [3.63, 3.8) is 0 Å². The van der Waals surface area contributed by atoms with Crippen molar-refractivity contribution in [2.75, 3.05) is 0 Å². The molecule has 78 valence electrons. The van der Waals surface area contributed by atoms with E-state index in [2.05, 4.69) is 11.4 Å². The Hall–Kier alpha value is -1.82. The molecular formula is C12H14N2O. The lowest BCUT2D eigenvalue weighted by atomic mass is 10.0. The summed E-state index contributed by atoms with van der Waals surface area (Å²) < 4.78 is 0. The Morgan fingerprint density at radius 1 is 1.47 bits per heavy atom. The lowest BCUT2D eigenvalue weighted by Gasteiger charge is -2.10. The highest BCUT2D eigenvalue weighted by molar-refractivity contribution is 5.95. The minimum absolute atomic E-state index is 0.104. The third kappa shape index (κ3) is 3.10. The lowest BCUT2D eigenvalue weighted by molar-refractivity contribution is 0.0942. The third-order valence-corrected chi connectivity index (χ3v) is 1.95. The van der Waals surface area contributed by atoms with E-state index in [1.54, 1.807) is 18.2 Å². The second-order valence-electron chi connectivity index (χ2n) is 3.62. The molecule has 0 aliphatic carbocycles. The highest BCUT2D eigenvalue weighted by Crippen LogP contribution is 2.09. The topological polar surface area (TPSA) is 52.9 Å². The van der Waals surface area contributed by atoms with E-state index in [4.69, 9.17) is 5.26 Å². The SMILES string of the molecule is CC(C)NC(=O)c1ccccc1CC#N. The Bertz CT molecular complexity index is 391. The zero-order valence-corrected chi connectivity index (χ0v) is 8.95. The molecule has 0 aromatic heterocycles. The summed E-state index contributed by atoms with van der Waals surface area (Å²) in [5.74, 6) is -0.115. The number of nitrogens with one attached hydrogen (secondary N) is 1. The van der Waals surface area contributed by atoms with E-state index in [0.717, 1.165) is 5.56 Å². The zero-order chi connectivity index (χ0) is 11.3. The van der Waals surface area contributed by atoms with Crippen molar-refractivity contribution in [1.29, 1.82) is 5.26 Å². The van der Waals surface area contributed by atoms with E-state index in [1.165, 1.54) is 0 Å². The van der Waals surface area contributed by atoms with Crippen LogP contribution in [0.3, 0.4) is 0 Å². The van der Waals surface area contributed by atoms with Crippen LogP contribution >= 0.6 is 0 Å². The number of amides is 1. The van der Waals surface area contributed by atoms with Gasteiger partial charge in [-0.3, -0.25) is 4.79 Å². The van der Waals surface area contributed by atoms with Gasteiger partial charge in [-0.2, -0.15) is 5.26 Å². The molecule has 1 rings (SSSR count). The van der Waals surface area contributed by atoms with Gasteiger partial charge in [-0.05, 0) is 25.5 Å². The summed E-state index contributed by atoms with van der Waals surface area (Å²) in [6, 6.07) is 9.34. The number of rotatable bonds is 3. The normalized spacial score (nSPS) is 9.73. The first-order valence-electron chi connectivity index (χ1n) is 4.91. The molecule has 0 radical (unpaired) electrons. The number of carbonyl (C=O) groups excluding carboxylic acids is 1. The molecule has 0 bridgehead atoms. The zero-order valence-electron chi connectivity index (χ0n) is 8.95. The largest absolute Gasteiger partial charge is 0.350 e. The van der Waals surface area contributed by atoms with Crippen molar-refractivity contribution in [3.05, 3.63) is 35.4 Å². The number of benzene rings is 1. The molecule has 0 spiro atoms. The standard InChI is InChI=1S/C12H14N2O/c1-9(2)14-12(15)11-6-4-3-5-10(11)7-8-13/h3-6,9H,7H2,1-2H3,(H,14,15). The van der Waals surface area contributed by atoms with Gasteiger partial charge in [0.15, 0.2) is 0 Å². The maximum Gasteiger partial charge on any atom is 0.251 e. The molecule has 1 amide bonds. The van der Waals surface area contributed by atoms with Gasteiger partial charge in [-0.1, -0.05) is 18.2 Å². The highest BCUT2D eigenvalue weighted by Gasteiger charge is 2.10. The fourth-order valence-corrected chi connectivity index (χ4v) is 1.32. The van der Waals surface area contributed by atoms with Crippen LogP contribution < -0.4 is 5.32 Å². The Morgan fingerprint density at radius 3 is 2.73 bits per heavy atom. The minimum atomic E-state index is -0.115. The third-order valence-electron chi connectivity index (χ3n) is 1.95. The van der Waals surface area contributed by atoms with Gasteiger partial charge in [0.25, 0.3) is 5.91 Å². The van der Waals surface area contributed by atoms with Crippen molar-refractivity contribution < 1.29 is 4.79 Å². The summed E-state index contributed by atoms with van der Waals surface area (Å²) in [4.78, 5) is 11.7. The Kier molecular flexibility index (Phi) is 3.87. The molecule has 15 heavy (non-hydrogen) atoms. The second-order valence-corrected chi connectivity index (χ2v) is 3.62. The molecular weight excluding hydrogens is 188 g/mol. The Balaban J connectivity index is 2.93. The molecule has 0 heterocycles. The van der Waals surface area contributed by atoms with Crippen LogP contribution in [0.15, 0.2) is 24.3 Å². The number of nitriles is 1. The fourth-order valence-electron chi connectivity index (χ4n) is 1.32. The quantitative estimate of drug-likeness (QED) is 0.813. The van der Waals surface area contributed by atoms with Crippen LogP contribution in [-0.4, -0.2) is 11.9 Å². The molecule has 1 aromatic rings. The number of carbonyl (C=O) groups is 1. The summed E-state index contributed by atoms with van der Waals surface area (Å²) in [6.07, 6.45) is 0.266. The summed E-state index contributed by atoms with van der Waals surface area (Å²) in [5, 5.41) is 11.4. The minimum Gasteiger partial charge on any atom is -0.350 e. The first kappa shape index (κ1) is 11.3. The van der Waals surface area contributed by atoms with Gasteiger partial charge in [0, 0.05) is 11.6 Å². The molecule has 0 fully saturated rings. The predicted octanol–water partition coefficient (Wildman–Crippen LogP) is 1.89. The summed E-state index contributed by atoms with van der Waals surface area (Å²) in [6.45, 7) is 3.82. The van der Waals surface area contributed by atoms with Crippen molar-refractivity contribution in [1.82, 2.24) is 5.32 Å². The van der Waals surface area contributed by atoms with Crippen molar-refractivity contribution in [3.8, 4) is 6.07 Å². The lowest BCUT2D eigenvalue weighted by Crippen LogP contribution is -2.30. The highest BCUT2D eigenvalue weighted by atomic mass is 16.1. The second kappa shape index (κ2) is 5.16. The monoisotopic (exact) mass is 202 g/mol. The Morgan fingerprint density at radius 2 is 2.13 bits per heavy atom. The molecule has 0 atom stereocenters. The average molecular weight is 202 g/mol. The summed E-state index contributed by atoms with van der Waals surface area (Å²) in [5.41, 5.74) is 1.37. The van der Waals surface area contributed by atoms with Crippen molar-refractivity contribution in [2.45, 2.75) is 26.3 Å². The molecule has 0 saturated heterocycles. The van der Waals surface area contributed by atoms with Gasteiger partial charge in [-0.25, -0.2) is 0 Å². The maximum atomic E-state index is 11.7. The van der Waals surface area contributed by atoms with Crippen LogP contribution in [0.5, 0.6) is 0 Å². The smallest absolute Gasteiger partial charge is 0.251 e. The molecule has 0 aliphatic rings. The summed E-state index contributed by atoms with van der Waals surface area (Å²) >= 11 is 0. The number of nitrogens with zero attached hydrogens (tertiary/aromatic N) is 1. The van der Waals surface area contributed by atoms with Crippen LogP contribution in [0.25, 0.3) is 0 Å². The fraction of sp³-hybridized carbons (Fsp3) is 0.333. The van der Waals surface area contributed by atoms with E-state index >= 15 is 0 Å². The van der Waals surface area contributed by atoms with E-state index in [1.807, 2.05) is 19.9 Å². The summed E-state index contributed by atoms with van der Waals surface area (Å²) in [7, 11) is 0. The maximum absolute atomic E-state index is 11.7. The molecule has 0 saturated carbocycles. The molecule has 0 aliphatic heterocycles. The van der Waals surface area contributed by atoms with Gasteiger partial charge in [0.05, 0.1) is 12.5 Å². The van der Waals surface area contributed by atoms with Gasteiger partial charge >= 0.3 is 0 Å². The van der Waals surface area contributed by atoms with Crippen molar-refractivity contribution >= 4 is 5.91 Å². The van der Waals surface area contributed by atoms with E-state index in [-0.39, 0.29) is 18.4 Å². The number of hydrogen-bond donors (Lipinski definition) is 1. The van der Waals surface area contributed by atoms with Gasteiger partial charge in [-0.15, -0.1) is 0 Å². The van der Waals surface area contributed by atoms with Crippen LogP contribution in [0, 0.1) is 11.3 Å². The molecule has 3 nitrogen and oxygen atoms in total. The predicted molar refractivity (Wildman–Crippen MR) is 58.4 cm³/mol. The Labute approximate surface area is 89.7 Å².